The lowest BCUT2D eigenvalue weighted by Crippen LogP contribution is -2.19. The second kappa shape index (κ2) is 5.75. The molecule has 0 fully saturated rings. The highest BCUT2D eigenvalue weighted by Crippen LogP contribution is 2.22. The highest BCUT2D eigenvalue weighted by Gasteiger charge is 2.11. The van der Waals surface area contributed by atoms with Gasteiger partial charge in [0.1, 0.15) is 11.6 Å². The molecule has 2 aromatic heterocycles. The number of aldehydes is 1. The molecule has 0 spiro atoms. The fraction of sp³-hybridized carbons (Fsp3) is 0.333. The molecule has 0 saturated heterocycles. The van der Waals surface area contributed by atoms with E-state index >= 15 is 0 Å². The second-order valence-electron chi connectivity index (χ2n) is 4.33. The van der Waals surface area contributed by atoms with Crippen LogP contribution >= 0.6 is 11.3 Å². The van der Waals surface area contributed by atoms with Crippen LogP contribution in [0.2, 0.25) is 0 Å². The van der Waals surface area contributed by atoms with Gasteiger partial charge < -0.3 is 4.57 Å². The number of aromatic nitrogens is 3. The van der Waals surface area contributed by atoms with Gasteiger partial charge in [-0.2, -0.15) is 0 Å². The summed E-state index contributed by atoms with van der Waals surface area (Å²) in [5, 5.41) is 11.9. The molecule has 2 aromatic rings. The quantitative estimate of drug-likeness (QED) is 0.848. The first-order valence-electron chi connectivity index (χ1n) is 5.83. The summed E-state index contributed by atoms with van der Waals surface area (Å²) >= 11 is 1.36. The summed E-state index contributed by atoms with van der Waals surface area (Å²) in [5.41, 5.74) is 0.468. The number of amides is 1. The third kappa shape index (κ3) is 3.25. The van der Waals surface area contributed by atoms with Gasteiger partial charge in [-0.25, -0.2) is 0 Å². The molecule has 19 heavy (non-hydrogen) atoms. The molecule has 6 nitrogen and oxygen atoms in total. The van der Waals surface area contributed by atoms with Gasteiger partial charge in [0.15, 0.2) is 6.29 Å². The van der Waals surface area contributed by atoms with Crippen LogP contribution in [0.5, 0.6) is 0 Å². The van der Waals surface area contributed by atoms with Gasteiger partial charge in [-0.1, -0.05) is 25.2 Å². The monoisotopic (exact) mass is 278 g/mol. The fourth-order valence-electron chi connectivity index (χ4n) is 1.51. The summed E-state index contributed by atoms with van der Waals surface area (Å²) in [4.78, 5) is 22.6. The standard InChI is InChI=1S/C12H14N4O2S/c1-8(2)11-14-15-12(19-11)13-10(18)6-16-5-3-4-9(16)7-17/h3-5,7-8H,6H2,1-2H3,(H,13,15,18). The highest BCUT2D eigenvalue weighted by atomic mass is 32.1. The van der Waals surface area contributed by atoms with Crippen molar-refractivity contribution >= 4 is 28.7 Å². The molecule has 7 heteroatoms. The number of rotatable bonds is 5. The Kier molecular flexibility index (Phi) is 4.06. The molecule has 0 aromatic carbocycles. The van der Waals surface area contributed by atoms with Crippen molar-refractivity contribution in [2.45, 2.75) is 26.3 Å². The third-order valence-corrected chi connectivity index (χ3v) is 3.62. The Morgan fingerprint density at radius 3 is 2.95 bits per heavy atom. The molecule has 0 unspecified atom stereocenters. The number of hydrogen-bond donors (Lipinski definition) is 1. The normalized spacial score (nSPS) is 10.7. The van der Waals surface area contributed by atoms with Crippen LogP contribution in [0.3, 0.4) is 0 Å². The van der Waals surface area contributed by atoms with Crippen LogP contribution in [0, 0.1) is 0 Å². The van der Waals surface area contributed by atoms with E-state index in [9.17, 15) is 9.59 Å². The van der Waals surface area contributed by atoms with Gasteiger partial charge in [-0.15, -0.1) is 10.2 Å². The Labute approximate surface area is 114 Å². The Bertz CT molecular complexity index is 588. The van der Waals surface area contributed by atoms with Crippen molar-refractivity contribution in [2.75, 3.05) is 5.32 Å². The van der Waals surface area contributed by atoms with Crippen LogP contribution < -0.4 is 5.32 Å². The molecular formula is C12H14N4O2S. The van der Waals surface area contributed by atoms with Gasteiger partial charge in [0.05, 0.1) is 5.69 Å². The van der Waals surface area contributed by atoms with Crippen molar-refractivity contribution in [3.05, 3.63) is 29.0 Å². The Hall–Kier alpha value is -2.02. The minimum Gasteiger partial charge on any atom is -0.336 e. The number of nitrogens with zero attached hydrogens (tertiary/aromatic N) is 3. The third-order valence-electron chi connectivity index (χ3n) is 2.48. The van der Waals surface area contributed by atoms with E-state index < -0.39 is 0 Å². The van der Waals surface area contributed by atoms with Crippen LogP contribution in [0.1, 0.15) is 35.3 Å². The number of anilines is 1. The molecule has 100 valence electrons. The maximum Gasteiger partial charge on any atom is 0.246 e. The topological polar surface area (TPSA) is 76.9 Å². The average molecular weight is 278 g/mol. The van der Waals surface area contributed by atoms with Gasteiger partial charge in [-0.05, 0) is 12.1 Å². The predicted molar refractivity (Wildman–Crippen MR) is 72.4 cm³/mol. The maximum atomic E-state index is 11.8. The van der Waals surface area contributed by atoms with Crippen LogP contribution in [-0.2, 0) is 11.3 Å². The predicted octanol–water partition coefficient (Wildman–Crippen LogP) is 1.91. The molecule has 0 radical (unpaired) electrons. The summed E-state index contributed by atoms with van der Waals surface area (Å²) in [6, 6.07) is 3.38. The lowest BCUT2D eigenvalue weighted by Gasteiger charge is -2.04. The highest BCUT2D eigenvalue weighted by molar-refractivity contribution is 7.15. The van der Waals surface area contributed by atoms with Crippen molar-refractivity contribution in [3.63, 3.8) is 0 Å². The first kappa shape index (κ1) is 13.4. The first-order chi connectivity index (χ1) is 9.10. The Morgan fingerprint density at radius 2 is 2.32 bits per heavy atom. The first-order valence-corrected chi connectivity index (χ1v) is 6.65. The maximum absolute atomic E-state index is 11.8. The molecular weight excluding hydrogens is 264 g/mol. The van der Waals surface area contributed by atoms with E-state index in [1.807, 2.05) is 13.8 Å². The zero-order valence-corrected chi connectivity index (χ0v) is 11.5. The van der Waals surface area contributed by atoms with Crippen molar-refractivity contribution in [1.29, 1.82) is 0 Å². The van der Waals surface area contributed by atoms with E-state index in [-0.39, 0.29) is 18.4 Å². The van der Waals surface area contributed by atoms with Crippen LogP contribution in [0.4, 0.5) is 5.13 Å². The van der Waals surface area contributed by atoms with E-state index in [4.69, 9.17) is 0 Å². The minimum atomic E-state index is -0.231. The van der Waals surface area contributed by atoms with Gasteiger partial charge in [-0.3, -0.25) is 14.9 Å². The summed E-state index contributed by atoms with van der Waals surface area (Å²) in [6.45, 7) is 4.11. The summed E-state index contributed by atoms with van der Waals surface area (Å²) in [6.07, 6.45) is 2.40. The van der Waals surface area contributed by atoms with Gasteiger partial charge in [0.2, 0.25) is 11.0 Å². The molecule has 1 amide bonds. The lowest BCUT2D eigenvalue weighted by atomic mass is 10.2. The number of carbonyl (C=O) groups is 2. The molecule has 0 bridgehead atoms. The molecule has 2 heterocycles. The van der Waals surface area contributed by atoms with Crippen molar-refractivity contribution in [3.8, 4) is 0 Å². The largest absolute Gasteiger partial charge is 0.336 e. The van der Waals surface area contributed by atoms with Gasteiger partial charge in [0, 0.05) is 12.1 Å². The van der Waals surface area contributed by atoms with Gasteiger partial charge in [0.25, 0.3) is 0 Å². The minimum absolute atomic E-state index is 0.0810. The second-order valence-corrected chi connectivity index (χ2v) is 5.34. The molecule has 0 aliphatic heterocycles. The summed E-state index contributed by atoms with van der Waals surface area (Å²) in [7, 11) is 0. The summed E-state index contributed by atoms with van der Waals surface area (Å²) in [5.74, 6) is 0.0556. The smallest absolute Gasteiger partial charge is 0.246 e. The zero-order valence-electron chi connectivity index (χ0n) is 10.7. The van der Waals surface area contributed by atoms with Crippen molar-refractivity contribution < 1.29 is 9.59 Å². The van der Waals surface area contributed by atoms with Crippen LogP contribution in [-0.4, -0.2) is 27.0 Å². The Morgan fingerprint density at radius 1 is 1.53 bits per heavy atom. The molecule has 0 aliphatic carbocycles. The van der Waals surface area contributed by atoms with E-state index in [1.165, 1.54) is 11.3 Å². The van der Waals surface area contributed by atoms with Crippen molar-refractivity contribution in [2.24, 2.45) is 0 Å². The zero-order chi connectivity index (χ0) is 13.8. The number of hydrogen-bond acceptors (Lipinski definition) is 5. The Balaban J connectivity index is 1.99. The molecule has 0 saturated carbocycles. The summed E-state index contributed by atoms with van der Waals surface area (Å²) < 4.78 is 1.58. The number of carbonyl (C=O) groups excluding carboxylic acids is 2. The van der Waals surface area contributed by atoms with Crippen molar-refractivity contribution in [1.82, 2.24) is 14.8 Å². The van der Waals surface area contributed by atoms with Crippen LogP contribution in [0.25, 0.3) is 0 Å². The molecule has 0 aliphatic rings. The lowest BCUT2D eigenvalue weighted by molar-refractivity contribution is -0.116. The fourth-order valence-corrected chi connectivity index (χ4v) is 2.27. The van der Waals surface area contributed by atoms with E-state index in [2.05, 4.69) is 15.5 Å². The molecule has 2 rings (SSSR count). The molecule has 1 N–H and O–H groups in total. The van der Waals surface area contributed by atoms with E-state index in [1.54, 1.807) is 22.9 Å². The molecule has 0 atom stereocenters. The van der Waals surface area contributed by atoms with E-state index in [0.717, 1.165) is 11.3 Å². The SMILES string of the molecule is CC(C)c1nnc(NC(=O)Cn2cccc2C=O)s1. The van der Waals surface area contributed by atoms with Crippen LogP contribution in [0.15, 0.2) is 18.3 Å². The van der Waals surface area contributed by atoms with Gasteiger partial charge >= 0.3 is 0 Å². The van der Waals surface area contributed by atoms with E-state index in [0.29, 0.717) is 10.8 Å². The number of nitrogens with one attached hydrogen (secondary N) is 1. The average Bonchev–Trinajstić information content (AvgIpc) is 2.97.